The number of likely N-dealkylation sites (tertiary alicyclic amines) is 1. The van der Waals surface area contributed by atoms with Crippen molar-refractivity contribution >= 4 is 24.6 Å². The van der Waals surface area contributed by atoms with E-state index in [4.69, 9.17) is 4.42 Å². The molecule has 0 bridgehead atoms. The minimum absolute atomic E-state index is 0.0913. The molecule has 1 saturated heterocycles. The standard InChI is InChI=1S/C25H33N5O3/c1-17(16-30-10-6-18(2)28-30)24(32)29-11-7-25(8-12-29)14-21(25)15-27-23(31)22-13-20(5-9-26-4)19(3)33-22/h5-6,9-10,13,17,21H,4,7-8,11-12,14-16H2,1-3H3,(H,27,31)/b9-5-. The lowest BCUT2D eigenvalue weighted by Gasteiger charge is -2.34. The zero-order chi connectivity index (χ0) is 23.6. The molecule has 2 amide bonds. The zero-order valence-electron chi connectivity index (χ0n) is 19.7. The number of carbonyl (C=O) groups is 2. The predicted octanol–water partition coefficient (Wildman–Crippen LogP) is 3.46. The SMILES string of the molecule is C=N/C=C\c1cc(C(=O)NCC2CC23CCN(C(=O)C(C)Cn2ccc(C)n2)CC3)oc1C. The Morgan fingerprint density at radius 1 is 1.39 bits per heavy atom. The molecule has 8 nitrogen and oxygen atoms in total. The molecule has 33 heavy (non-hydrogen) atoms. The van der Waals surface area contributed by atoms with Gasteiger partial charge in [-0.2, -0.15) is 5.10 Å². The van der Waals surface area contributed by atoms with Crippen LogP contribution >= 0.6 is 0 Å². The number of amides is 2. The second-order valence-electron chi connectivity index (χ2n) is 9.50. The van der Waals surface area contributed by atoms with Gasteiger partial charge in [0.15, 0.2) is 5.76 Å². The van der Waals surface area contributed by atoms with E-state index in [9.17, 15) is 9.59 Å². The van der Waals surface area contributed by atoms with Crippen LogP contribution in [-0.4, -0.2) is 52.8 Å². The molecule has 2 aromatic heterocycles. The number of aryl methyl sites for hydroxylation is 2. The molecule has 1 saturated carbocycles. The Morgan fingerprint density at radius 2 is 2.15 bits per heavy atom. The highest BCUT2D eigenvalue weighted by atomic mass is 16.3. The van der Waals surface area contributed by atoms with Gasteiger partial charge in [-0.1, -0.05) is 6.92 Å². The van der Waals surface area contributed by atoms with E-state index < -0.39 is 0 Å². The third-order valence-corrected chi connectivity index (χ3v) is 7.13. The lowest BCUT2D eigenvalue weighted by Crippen LogP contribution is -2.43. The highest BCUT2D eigenvalue weighted by Crippen LogP contribution is 2.59. The van der Waals surface area contributed by atoms with Crippen molar-refractivity contribution in [3.8, 4) is 0 Å². The quantitative estimate of drug-likeness (QED) is 0.622. The second kappa shape index (κ2) is 9.37. The van der Waals surface area contributed by atoms with Crippen molar-refractivity contribution in [1.29, 1.82) is 0 Å². The van der Waals surface area contributed by atoms with Gasteiger partial charge in [0, 0.05) is 37.6 Å². The summed E-state index contributed by atoms with van der Waals surface area (Å²) in [6.07, 6.45) is 8.36. The average molecular weight is 452 g/mol. The molecule has 0 radical (unpaired) electrons. The van der Waals surface area contributed by atoms with Crippen LogP contribution in [0.1, 0.15) is 53.8 Å². The summed E-state index contributed by atoms with van der Waals surface area (Å²) in [5.74, 6) is 1.37. The van der Waals surface area contributed by atoms with Crippen LogP contribution < -0.4 is 5.32 Å². The van der Waals surface area contributed by atoms with Crippen LogP contribution in [0, 0.1) is 31.1 Å². The first-order valence-corrected chi connectivity index (χ1v) is 11.6. The molecule has 1 aliphatic heterocycles. The predicted molar refractivity (Wildman–Crippen MR) is 127 cm³/mol. The summed E-state index contributed by atoms with van der Waals surface area (Å²) < 4.78 is 7.44. The molecule has 2 unspecified atom stereocenters. The van der Waals surface area contributed by atoms with Crippen molar-refractivity contribution in [3.05, 3.63) is 47.3 Å². The van der Waals surface area contributed by atoms with Crippen LogP contribution in [0.4, 0.5) is 0 Å². The highest BCUT2D eigenvalue weighted by molar-refractivity contribution is 5.92. The Kier molecular flexibility index (Phi) is 6.54. The van der Waals surface area contributed by atoms with Crippen LogP contribution in [0.2, 0.25) is 0 Å². The summed E-state index contributed by atoms with van der Waals surface area (Å²) in [5, 5.41) is 7.42. The first-order chi connectivity index (χ1) is 15.8. The number of piperidine rings is 1. The molecule has 8 heteroatoms. The monoisotopic (exact) mass is 451 g/mol. The van der Waals surface area contributed by atoms with Gasteiger partial charge < -0.3 is 14.6 Å². The van der Waals surface area contributed by atoms with Crippen LogP contribution in [-0.2, 0) is 11.3 Å². The molecule has 176 valence electrons. The van der Waals surface area contributed by atoms with E-state index >= 15 is 0 Å². The van der Waals surface area contributed by atoms with Gasteiger partial charge in [0.05, 0.1) is 18.2 Å². The van der Waals surface area contributed by atoms with Crippen molar-refractivity contribution in [2.24, 2.45) is 22.2 Å². The van der Waals surface area contributed by atoms with Crippen molar-refractivity contribution in [3.63, 3.8) is 0 Å². The Hall–Kier alpha value is -3.16. The maximum Gasteiger partial charge on any atom is 0.287 e. The largest absolute Gasteiger partial charge is 0.456 e. The van der Waals surface area contributed by atoms with Gasteiger partial charge in [-0.25, -0.2) is 0 Å². The fourth-order valence-corrected chi connectivity index (χ4v) is 4.95. The van der Waals surface area contributed by atoms with E-state index in [1.165, 1.54) is 0 Å². The van der Waals surface area contributed by atoms with E-state index in [2.05, 4.69) is 22.1 Å². The number of rotatable bonds is 8. The number of hydrogen-bond acceptors (Lipinski definition) is 5. The zero-order valence-corrected chi connectivity index (χ0v) is 19.7. The van der Waals surface area contributed by atoms with Crippen LogP contribution in [0.25, 0.3) is 6.08 Å². The number of nitrogens with one attached hydrogen (secondary N) is 1. The fraction of sp³-hybridized carbons (Fsp3) is 0.520. The third-order valence-electron chi connectivity index (χ3n) is 7.13. The topological polar surface area (TPSA) is 92.7 Å². The Morgan fingerprint density at radius 3 is 2.82 bits per heavy atom. The number of aliphatic imine (C=N–C) groups is 1. The number of furan rings is 1. The number of hydrogen-bond donors (Lipinski definition) is 1. The van der Waals surface area contributed by atoms with Crippen molar-refractivity contribution in [1.82, 2.24) is 20.0 Å². The Bertz CT molecular complexity index is 1060. The van der Waals surface area contributed by atoms with E-state index in [1.807, 2.05) is 42.6 Å². The van der Waals surface area contributed by atoms with Gasteiger partial charge in [-0.05, 0) is 69.4 Å². The maximum absolute atomic E-state index is 12.9. The molecule has 2 aliphatic rings. The minimum atomic E-state index is -0.193. The van der Waals surface area contributed by atoms with Gasteiger partial charge in [-0.3, -0.25) is 19.3 Å². The van der Waals surface area contributed by atoms with Gasteiger partial charge >= 0.3 is 0 Å². The van der Waals surface area contributed by atoms with Crippen LogP contribution in [0.5, 0.6) is 0 Å². The lowest BCUT2D eigenvalue weighted by molar-refractivity contribution is -0.137. The van der Waals surface area contributed by atoms with E-state index in [0.29, 0.717) is 30.5 Å². The maximum atomic E-state index is 12.9. The van der Waals surface area contributed by atoms with Crippen molar-refractivity contribution < 1.29 is 14.0 Å². The Labute approximate surface area is 194 Å². The molecular weight excluding hydrogens is 418 g/mol. The fourth-order valence-electron chi connectivity index (χ4n) is 4.95. The van der Waals surface area contributed by atoms with E-state index in [0.717, 1.165) is 43.6 Å². The molecule has 2 atom stereocenters. The first kappa shape index (κ1) is 23.0. The van der Waals surface area contributed by atoms with E-state index in [-0.39, 0.29) is 23.1 Å². The summed E-state index contributed by atoms with van der Waals surface area (Å²) in [4.78, 5) is 31.1. The second-order valence-corrected chi connectivity index (χ2v) is 9.50. The molecule has 1 aliphatic carbocycles. The molecule has 3 heterocycles. The lowest BCUT2D eigenvalue weighted by atomic mass is 9.90. The summed E-state index contributed by atoms with van der Waals surface area (Å²) in [5.41, 5.74) is 2.05. The molecule has 1 N–H and O–H groups in total. The first-order valence-electron chi connectivity index (χ1n) is 11.6. The molecule has 1 spiro atoms. The van der Waals surface area contributed by atoms with Crippen LogP contribution in [0.3, 0.4) is 0 Å². The number of carbonyl (C=O) groups excluding carboxylic acids is 2. The number of nitrogens with zero attached hydrogens (tertiary/aromatic N) is 4. The summed E-state index contributed by atoms with van der Waals surface area (Å²) in [6.45, 7) is 12.0. The summed E-state index contributed by atoms with van der Waals surface area (Å²) in [7, 11) is 0. The molecule has 4 rings (SSSR count). The van der Waals surface area contributed by atoms with Gasteiger partial charge in [0.1, 0.15) is 5.76 Å². The smallest absolute Gasteiger partial charge is 0.287 e. The number of aromatic nitrogens is 2. The molecular formula is C25H33N5O3. The molecule has 2 fully saturated rings. The van der Waals surface area contributed by atoms with E-state index in [1.54, 1.807) is 18.3 Å². The summed E-state index contributed by atoms with van der Waals surface area (Å²) in [6, 6.07) is 3.68. The average Bonchev–Trinajstić information content (AvgIpc) is 3.08. The molecule has 0 aromatic carbocycles. The van der Waals surface area contributed by atoms with Gasteiger partial charge in [-0.15, -0.1) is 0 Å². The third kappa shape index (κ3) is 5.10. The van der Waals surface area contributed by atoms with Crippen molar-refractivity contribution in [2.75, 3.05) is 19.6 Å². The minimum Gasteiger partial charge on any atom is -0.456 e. The molecule has 2 aromatic rings. The summed E-state index contributed by atoms with van der Waals surface area (Å²) >= 11 is 0. The normalized spacial score (nSPS) is 20.2. The Balaban J connectivity index is 1.23. The van der Waals surface area contributed by atoms with Gasteiger partial charge in [0.25, 0.3) is 5.91 Å². The van der Waals surface area contributed by atoms with Gasteiger partial charge in [0.2, 0.25) is 5.91 Å². The van der Waals surface area contributed by atoms with Crippen LogP contribution in [0.15, 0.2) is 33.9 Å². The highest BCUT2D eigenvalue weighted by Gasteiger charge is 2.54. The van der Waals surface area contributed by atoms with Crippen molar-refractivity contribution in [2.45, 2.75) is 46.6 Å².